The third kappa shape index (κ3) is 4.94. The van der Waals surface area contributed by atoms with E-state index in [2.05, 4.69) is 15.2 Å². The third-order valence-electron chi connectivity index (χ3n) is 5.31. The second kappa shape index (κ2) is 9.94. The van der Waals surface area contributed by atoms with Crippen molar-refractivity contribution in [2.75, 3.05) is 26.3 Å². The number of morpholine rings is 1. The molecule has 3 aromatic carbocycles. The number of rotatable bonds is 6. The van der Waals surface area contributed by atoms with E-state index < -0.39 is 0 Å². The number of nitrogens with one attached hydrogen (secondary N) is 1. The van der Waals surface area contributed by atoms with Gasteiger partial charge < -0.3 is 19.4 Å². The average Bonchev–Trinajstić information content (AvgIpc) is 3.30. The molecular weight excluding hydrogens is 434 g/mol. The van der Waals surface area contributed by atoms with Gasteiger partial charge in [-0.1, -0.05) is 60.7 Å². The van der Waals surface area contributed by atoms with Crippen LogP contribution >= 0.6 is 11.8 Å². The molecule has 33 heavy (non-hydrogen) atoms. The second-order valence-electron chi connectivity index (χ2n) is 7.51. The lowest BCUT2D eigenvalue weighted by molar-refractivity contribution is 0.0498. The maximum absolute atomic E-state index is 13.2. The van der Waals surface area contributed by atoms with Crippen LogP contribution < -0.4 is 5.32 Å². The normalized spacial score (nSPS) is 14.7. The molecule has 1 aromatic heterocycles. The number of carbonyl (C=O) groups is 1. The van der Waals surface area contributed by atoms with Gasteiger partial charge in [0.25, 0.3) is 11.1 Å². The predicted molar refractivity (Wildman–Crippen MR) is 130 cm³/mol. The first-order valence-electron chi connectivity index (χ1n) is 10.8. The molecule has 0 saturated carbocycles. The Balaban J connectivity index is 1.59. The molecule has 1 aliphatic rings. The number of hydrogen-bond donors (Lipinski definition) is 1. The lowest BCUT2D eigenvalue weighted by Crippen LogP contribution is -2.42. The molecule has 1 aliphatic heterocycles. The second-order valence-corrected chi connectivity index (χ2v) is 8.47. The van der Waals surface area contributed by atoms with Gasteiger partial charge in [0.05, 0.1) is 18.1 Å². The summed E-state index contributed by atoms with van der Waals surface area (Å²) in [5, 5.41) is 3.70. The fourth-order valence-corrected chi connectivity index (χ4v) is 4.63. The van der Waals surface area contributed by atoms with Crippen molar-refractivity contribution >= 4 is 33.7 Å². The van der Waals surface area contributed by atoms with Crippen molar-refractivity contribution in [1.29, 1.82) is 0 Å². The molecule has 0 unspecified atom stereocenters. The highest BCUT2D eigenvalue weighted by molar-refractivity contribution is 8.08. The molecule has 0 spiro atoms. The molecule has 4 aromatic rings. The van der Waals surface area contributed by atoms with Crippen LogP contribution in [0.1, 0.15) is 15.9 Å². The zero-order valence-electron chi connectivity index (χ0n) is 17.9. The number of aromatic nitrogens is 1. The standard InChI is InChI=1S/C26H23N3O3S/c30-25(20-11-5-2-6-12-20)28-24(29-15-17-31-18-16-29)23(19-9-3-1-4-10-19)33-26-27-21-13-7-8-14-22(21)32-26/h1-14H,15-18H2,(H,28,30). The lowest BCUT2D eigenvalue weighted by Gasteiger charge is -2.32. The van der Waals surface area contributed by atoms with E-state index in [1.54, 1.807) is 0 Å². The van der Waals surface area contributed by atoms with Gasteiger partial charge in [0, 0.05) is 18.7 Å². The van der Waals surface area contributed by atoms with Crippen molar-refractivity contribution < 1.29 is 13.9 Å². The summed E-state index contributed by atoms with van der Waals surface area (Å²) in [6, 6.07) is 26.9. The number of para-hydroxylation sites is 2. The SMILES string of the molecule is O=C(NC(=C(Sc1nc2ccccc2o1)c1ccccc1)N1CCOCC1)c1ccccc1. The van der Waals surface area contributed by atoms with Crippen LogP contribution in [0.4, 0.5) is 0 Å². The van der Waals surface area contributed by atoms with E-state index in [1.165, 1.54) is 11.8 Å². The fourth-order valence-electron chi connectivity index (χ4n) is 3.65. The molecule has 0 atom stereocenters. The summed E-state index contributed by atoms with van der Waals surface area (Å²) in [7, 11) is 0. The summed E-state index contributed by atoms with van der Waals surface area (Å²) in [5.74, 6) is 0.564. The van der Waals surface area contributed by atoms with E-state index in [1.807, 2.05) is 84.9 Å². The number of hydrogen-bond acceptors (Lipinski definition) is 6. The number of amides is 1. The molecule has 1 N–H and O–H groups in total. The van der Waals surface area contributed by atoms with E-state index in [0.29, 0.717) is 37.1 Å². The Morgan fingerprint density at radius 2 is 1.48 bits per heavy atom. The first kappa shape index (κ1) is 21.3. The maximum Gasteiger partial charge on any atom is 0.261 e. The minimum absolute atomic E-state index is 0.163. The summed E-state index contributed by atoms with van der Waals surface area (Å²) in [4.78, 5) is 20.8. The quantitative estimate of drug-likeness (QED) is 0.411. The Labute approximate surface area is 196 Å². The molecule has 1 fully saturated rings. The number of ether oxygens (including phenoxy) is 1. The Morgan fingerprint density at radius 3 is 2.18 bits per heavy atom. The van der Waals surface area contributed by atoms with Gasteiger partial charge in [0.2, 0.25) is 0 Å². The van der Waals surface area contributed by atoms with Gasteiger partial charge in [-0.2, -0.15) is 0 Å². The molecule has 1 saturated heterocycles. The van der Waals surface area contributed by atoms with Crippen LogP contribution in [0.2, 0.25) is 0 Å². The third-order valence-corrected chi connectivity index (χ3v) is 6.29. The van der Waals surface area contributed by atoms with Crippen molar-refractivity contribution in [1.82, 2.24) is 15.2 Å². The smallest absolute Gasteiger partial charge is 0.261 e. The van der Waals surface area contributed by atoms with Crippen LogP contribution in [0.5, 0.6) is 0 Å². The number of thioether (sulfide) groups is 1. The minimum Gasteiger partial charge on any atom is -0.431 e. The molecule has 2 heterocycles. The van der Waals surface area contributed by atoms with Crippen LogP contribution in [0, 0.1) is 0 Å². The summed E-state index contributed by atoms with van der Waals surface area (Å²) < 4.78 is 11.6. The van der Waals surface area contributed by atoms with Gasteiger partial charge in [0.1, 0.15) is 11.3 Å². The molecule has 7 heteroatoms. The van der Waals surface area contributed by atoms with Gasteiger partial charge in [-0.3, -0.25) is 4.79 Å². The molecular formula is C26H23N3O3S. The van der Waals surface area contributed by atoms with Crippen LogP contribution in [0.15, 0.2) is 100 Å². The maximum atomic E-state index is 13.2. The first-order chi connectivity index (χ1) is 16.3. The number of benzene rings is 3. The highest BCUT2D eigenvalue weighted by Crippen LogP contribution is 2.38. The highest BCUT2D eigenvalue weighted by Gasteiger charge is 2.24. The van der Waals surface area contributed by atoms with Gasteiger partial charge in [-0.15, -0.1) is 0 Å². The lowest BCUT2D eigenvalue weighted by atomic mass is 10.2. The van der Waals surface area contributed by atoms with Crippen molar-refractivity contribution in [3.63, 3.8) is 0 Å². The molecule has 5 rings (SSSR count). The summed E-state index contributed by atoms with van der Waals surface area (Å²) in [5.41, 5.74) is 3.10. The van der Waals surface area contributed by atoms with Crippen LogP contribution in [-0.2, 0) is 4.74 Å². The number of fused-ring (bicyclic) bond motifs is 1. The molecule has 0 bridgehead atoms. The first-order valence-corrected chi connectivity index (χ1v) is 11.6. The van der Waals surface area contributed by atoms with Crippen LogP contribution in [0.25, 0.3) is 16.0 Å². The van der Waals surface area contributed by atoms with Gasteiger partial charge in [-0.05, 0) is 41.6 Å². The zero-order valence-corrected chi connectivity index (χ0v) is 18.8. The topological polar surface area (TPSA) is 67.6 Å². The van der Waals surface area contributed by atoms with Crippen molar-refractivity contribution in [2.24, 2.45) is 0 Å². The number of nitrogens with zero attached hydrogens (tertiary/aromatic N) is 2. The van der Waals surface area contributed by atoms with Crippen molar-refractivity contribution in [3.05, 3.63) is 102 Å². The van der Waals surface area contributed by atoms with E-state index in [9.17, 15) is 4.79 Å². The molecule has 6 nitrogen and oxygen atoms in total. The Bertz CT molecular complexity index is 1230. The van der Waals surface area contributed by atoms with E-state index in [4.69, 9.17) is 9.15 Å². The monoisotopic (exact) mass is 457 g/mol. The van der Waals surface area contributed by atoms with Crippen LogP contribution in [0.3, 0.4) is 0 Å². The summed E-state index contributed by atoms with van der Waals surface area (Å²) >= 11 is 1.41. The molecule has 166 valence electrons. The average molecular weight is 458 g/mol. The molecule has 0 radical (unpaired) electrons. The minimum atomic E-state index is -0.163. The van der Waals surface area contributed by atoms with Gasteiger partial charge >= 0.3 is 0 Å². The molecule has 1 amide bonds. The van der Waals surface area contributed by atoms with E-state index >= 15 is 0 Å². The van der Waals surface area contributed by atoms with E-state index in [0.717, 1.165) is 27.4 Å². The zero-order chi connectivity index (χ0) is 22.5. The van der Waals surface area contributed by atoms with Crippen molar-refractivity contribution in [3.8, 4) is 0 Å². The summed E-state index contributed by atoms with van der Waals surface area (Å²) in [6.45, 7) is 2.55. The van der Waals surface area contributed by atoms with Gasteiger partial charge in [0.15, 0.2) is 5.58 Å². The number of carbonyl (C=O) groups excluding carboxylic acids is 1. The Hall–Kier alpha value is -3.55. The summed E-state index contributed by atoms with van der Waals surface area (Å²) in [6.07, 6.45) is 0. The van der Waals surface area contributed by atoms with Crippen LogP contribution in [-0.4, -0.2) is 42.1 Å². The van der Waals surface area contributed by atoms with Crippen molar-refractivity contribution in [2.45, 2.75) is 5.22 Å². The largest absolute Gasteiger partial charge is 0.431 e. The van der Waals surface area contributed by atoms with E-state index in [-0.39, 0.29) is 5.91 Å². The number of oxazole rings is 1. The predicted octanol–water partition coefficient (Wildman–Crippen LogP) is 5.01. The Morgan fingerprint density at radius 1 is 0.848 bits per heavy atom. The van der Waals surface area contributed by atoms with Gasteiger partial charge in [-0.25, -0.2) is 4.98 Å². The highest BCUT2D eigenvalue weighted by atomic mass is 32.2. The Kier molecular flexibility index (Phi) is 6.41. The molecule has 0 aliphatic carbocycles. The fraction of sp³-hybridized carbons (Fsp3) is 0.154.